The van der Waals surface area contributed by atoms with Crippen LogP contribution in [-0.4, -0.2) is 36.6 Å². The molecule has 1 amide bonds. The van der Waals surface area contributed by atoms with E-state index in [1.165, 1.54) is 11.3 Å². The smallest absolute Gasteiger partial charge is 0.306 e. The number of likely N-dealkylation sites (N-methyl/N-ethyl adjacent to an activating group) is 1. The summed E-state index contributed by atoms with van der Waals surface area (Å²) in [7, 11) is 1.59. The molecule has 1 unspecified atom stereocenters. The van der Waals surface area contributed by atoms with Crippen LogP contribution in [0.3, 0.4) is 0 Å². The third-order valence-corrected chi connectivity index (χ3v) is 3.24. The van der Waals surface area contributed by atoms with Crippen LogP contribution in [-0.2, 0) is 20.7 Å². The molecule has 1 aromatic rings. The number of aromatic nitrogens is 1. The van der Waals surface area contributed by atoms with E-state index in [1.54, 1.807) is 20.9 Å². The van der Waals surface area contributed by atoms with Gasteiger partial charge in [-0.05, 0) is 13.8 Å². The second-order valence-corrected chi connectivity index (χ2v) is 4.79. The number of thiazole rings is 1. The largest absolute Gasteiger partial charge is 0.466 e. The van der Waals surface area contributed by atoms with E-state index < -0.39 is 0 Å². The van der Waals surface area contributed by atoms with Crippen LogP contribution in [0.15, 0.2) is 5.38 Å². The van der Waals surface area contributed by atoms with E-state index in [2.05, 4.69) is 15.6 Å². The van der Waals surface area contributed by atoms with Gasteiger partial charge in [0.2, 0.25) is 5.91 Å². The summed E-state index contributed by atoms with van der Waals surface area (Å²) in [6, 6.07) is -0.339. The second kappa shape index (κ2) is 7.73. The maximum absolute atomic E-state index is 11.4. The molecule has 6 nitrogen and oxygen atoms in total. The Morgan fingerprint density at radius 1 is 1.53 bits per heavy atom. The van der Waals surface area contributed by atoms with Crippen molar-refractivity contribution in [3.63, 3.8) is 0 Å². The predicted molar refractivity (Wildman–Crippen MR) is 74.2 cm³/mol. The average Bonchev–Trinajstić information content (AvgIpc) is 2.83. The minimum Gasteiger partial charge on any atom is -0.466 e. The van der Waals surface area contributed by atoms with Gasteiger partial charge in [-0.25, -0.2) is 4.98 Å². The zero-order valence-corrected chi connectivity index (χ0v) is 12.2. The summed E-state index contributed by atoms with van der Waals surface area (Å²) in [5, 5.41) is 8.11. The van der Waals surface area contributed by atoms with E-state index in [1.807, 2.05) is 5.38 Å². The molecule has 0 aliphatic rings. The lowest BCUT2D eigenvalue weighted by molar-refractivity contribution is -0.143. The van der Waals surface area contributed by atoms with Crippen LogP contribution in [0.4, 0.5) is 5.13 Å². The van der Waals surface area contributed by atoms with Gasteiger partial charge in [-0.3, -0.25) is 9.59 Å². The van der Waals surface area contributed by atoms with Gasteiger partial charge in [-0.1, -0.05) is 0 Å². The van der Waals surface area contributed by atoms with Gasteiger partial charge in [-0.15, -0.1) is 11.3 Å². The van der Waals surface area contributed by atoms with Crippen molar-refractivity contribution in [3.8, 4) is 0 Å². The Hall–Kier alpha value is -1.63. The zero-order chi connectivity index (χ0) is 14.3. The molecule has 106 valence electrons. The molecule has 0 saturated heterocycles. The Morgan fingerprint density at radius 3 is 2.89 bits per heavy atom. The molecule has 0 aliphatic carbocycles. The van der Waals surface area contributed by atoms with E-state index in [9.17, 15) is 9.59 Å². The van der Waals surface area contributed by atoms with Gasteiger partial charge in [-0.2, -0.15) is 0 Å². The molecule has 19 heavy (non-hydrogen) atoms. The van der Waals surface area contributed by atoms with Crippen molar-refractivity contribution < 1.29 is 14.3 Å². The van der Waals surface area contributed by atoms with Gasteiger partial charge in [0, 0.05) is 18.8 Å². The fraction of sp³-hybridized carbons (Fsp3) is 0.583. The van der Waals surface area contributed by atoms with Crippen LogP contribution in [0.25, 0.3) is 0 Å². The lowest BCUT2D eigenvalue weighted by atomic mass is 10.2. The first-order valence-electron chi connectivity index (χ1n) is 6.15. The molecule has 1 rings (SSSR count). The summed E-state index contributed by atoms with van der Waals surface area (Å²) in [4.78, 5) is 26.9. The van der Waals surface area contributed by atoms with E-state index in [-0.39, 0.29) is 17.9 Å². The SMILES string of the molecule is CCOC(=O)CCc1csc(NC(C)C(=O)NC)n1. The highest BCUT2D eigenvalue weighted by Crippen LogP contribution is 2.17. The van der Waals surface area contributed by atoms with Crippen molar-refractivity contribution >= 4 is 28.3 Å². The third kappa shape index (κ3) is 5.25. The monoisotopic (exact) mass is 285 g/mol. The molecule has 0 radical (unpaired) electrons. The van der Waals surface area contributed by atoms with Gasteiger partial charge in [0.25, 0.3) is 0 Å². The van der Waals surface area contributed by atoms with Gasteiger partial charge in [0.15, 0.2) is 5.13 Å². The summed E-state index contributed by atoms with van der Waals surface area (Å²) in [6.45, 7) is 3.94. The summed E-state index contributed by atoms with van der Waals surface area (Å²) in [6.07, 6.45) is 0.868. The Labute approximate surface area is 116 Å². The topological polar surface area (TPSA) is 80.3 Å². The molecule has 0 spiro atoms. The number of hydrogen-bond acceptors (Lipinski definition) is 6. The fourth-order valence-corrected chi connectivity index (χ4v) is 2.25. The average molecular weight is 285 g/mol. The standard InChI is InChI=1S/C12H19N3O3S/c1-4-18-10(16)6-5-9-7-19-12(15-9)14-8(2)11(17)13-3/h7-8H,4-6H2,1-3H3,(H,13,17)(H,14,15). The molecule has 0 aliphatic heterocycles. The number of anilines is 1. The van der Waals surface area contributed by atoms with Crippen molar-refractivity contribution in [1.82, 2.24) is 10.3 Å². The normalized spacial score (nSPS) is 11.7. The minimum atomic E-state index is -0.339. The maximum atomic E-state index is 11.4. The minimum absolute atomic E-state index is 0.0942. The quantitative estimate of drug-likeness (QED) is 0.735. The molecule has 0 saturated carbocycles. The van der Waals surface area contributed by atoms with Crippen molar-refractivity contribution in [1.29, 1.82) is 0 Å². The van der Waals surface area contributed by atoms with Crippen LogP contribution in [0.5, 0.6) is 0 Å². The van der Waals surface area contributed by atoms with Crippen LogP contribution >= 0.6 is 11.3 Å². The number of nitrogens with zero attached hydrogens (tertiary/aromatic N) is 1. The van der Waals surface area contributed by atoms with Gasteiger partial charge in [0.05, 0.1) is 18.7 Å². The molecule has 7 heteroatoms. The van der Waals surface area contributed by atoms with E-state index in [0.29, 0.717) is 24.6 Å². The molecular formula is C12H19N3O3S. The number of rotatable bonds is 7. The second-order valence-electron chi connectivity index (χ2n) is 3.93. The third-order valence-electron chi connectivity index (χ3n) is 2.42. The lowest BCUT2D eigenvalue weighted by Crippen LogP contribution is -2.35. The summed E-state index contributed by atoms with van der Waals surface area (Å²) in [5.41, 5.74) is 0.824. The van der Waals surface area contributed by atoms with Gasteiger partial charge >= 0.3 is 5.97 Å². The summed E-state index contributed by atoms with van der Waals surface area (Å²) in [5.74, 6) is -0.313. The molecule has 0 aromatic carbocycles. The van der Waals surface area contributed by atoms with Crippen LogP contribution in [0, 0.1) is 0 Å². The number of ether oxygens (including phenoxy) is 1. The number of carbonyl (C=O) groups is 2. The molecule has 1 aromatic heterocycles. The Kier molecular flexibility index (Phi) is 6.27. The highest BCUT2D eigenvalue weighted by molar-refractivity contribution is 7.13. The zero-order valence-electron chi connectivity index (χ0n) is 11.4. The van der Waals surface area contributed by atoms with Gasteiger partial charge in [0.1, 0.15) is 6.04 Å². The number of carbonyl (C=O) groups excluding carboxylic acids is 2. The van der Waals surface area contributed by atoms with Crippen molar-refractivity contribution in [3.05, 3.63) is 11.1 Å². The van der Waals surface area contributed by atoms with Gasteiger partial charge < -0.3 is 15.4 Å². The summed E-state index contributed by atoms with van der Waals surface area (Å²) < 4.78 is 4.85. The molecular weight excluding hydrogens is 266 g/mol. The first kappa shape index (κ1) is 15.4. The van der Waals surface area contributed by atoms with Crippen molar-refractivity contribution in [2.75, 3.05) is 19.0 Å². The Balaban J connectivity index is 2.44. The number of esters is 1. The van der Waals surface area contributed by atoms with E-state index >= 15 is 0 Å². The highest BCUT2D eigenvalue weighted by Gasteiger charge is 2.12. The lowest BCUT2D eigenvalue weighted by Gasteiger charge is -2.10. The molecule has 1 atom stereocenters. The number of aryl methyl sites for hydroxylation is 1. The number of hydrogen-bond donors (Lipinski definition) is 2. The summed E-state index contributed by atoms with van der Waals surface area (Å²) >= 11 is 1.42. The molecule has 1 heterocycles. The van der Waals surface area contributed by atoms with Crippen molar-refractivity contribution in [2.45, 2.75) is 32.7 Å². The fourth-order valence-electron chi connectivity index (χ4n) is 1.42. The highest BCUT2D eigenvalue weighted by atomic mass is 32.1. The predicted octanol–water partition coefficient (Wildman–Crippen LogP) is 1.19. The first-order valence-corrected chi connectivity index (χ1v) is 7.03. The van der Waals surface area contributed by atoms with E-state index in [4.69, 9.17) is 4.74 Å². The van der Waals surface area contributed by atoms with E-state index in [0.717, 1.165) is 5.69 Å². The van der Waals surface area contributed by atoms with Crippen LogP contribution < -0.4 is 10.6 Å². The Bertz CT molecular complexity index is 434. The first-order chi connectivity index (χ1) is 9.06. The molecule has 2 N–H and O–H groups in total. The molecule has 0 fully saturated rings. The maximum Gasteiger partial charge on any atom is 0.306 e. The number of amides is 1. The van der Waals surface area contributed by atoms with Crippen LogP contribution in [0.1, 0.15) is 26.0 Å². The Morgan fingerprint density at radius 2 is 2.26 bits per heavy atom. The molecule has 0 bridgehead atoms. The van der Waals surface area contributed by atoms with Crippen molar-refractivity contribution in [2.24, 2.45) is 0 Å². The van der Waals surface area contributed by atoms with Crippen LogP contribution in [0.2, 0.25) is 0 Å². The number of nitrogens with one attached hydrogen (secondary N) is 2.